The number of anilines is 3. The van der Waals surface area contributed by atoms with Gasteiger partial charge in [-0.3, -0.25) is 0 Å². The number of fused-ring (bicyclic) bond motifs is 2. The Bertz CT molecular complexity index is 1950. The lowest BCUT2D eigenvalue weighted by Gasteiger charge is -2.45. The van der Waals surface area contributed by atoms with Gasteiger partial charge < -0.3 is 4.90 Å². The summed E-state index contributed by atoms with van der Waals surface area (Å²) in [6.07, 6.45) is 7.62. The molecule has 5 nitrogen and oxygen atoms in total. The molecule has 0 radical (unpaired) electrons. The highest BCUT2D eigenvalue weighted by atomic mass is 28.3. The van der Waals surface area contributed by atoms with Crippen molar-refractivity contribution < 1.29 is 0 Å². The van der Waals surface area contributed by atoms with Crippen LogP contribution >= 0.6 is 0 Å². The summed E-state index contributed by atoms with van der Waals surface area (Å²) in [6.45, 7) is 0. The van der Waals surface area contributed by atoms with Gasteiger partial charge in [-0.1, -0.05) is 91.0 Å². The minimum atomic E-state index is -2.71. The van der Waals surface area contributed by atoms with Crippen molar-refractivity contribution in [2.24, 2.45) is 0 Å². The van der Waals surface area contributed by atoms with E-state index < -0.39 is 8.07 Å². The van der Waals surface area contributed by atoms with Crippen LogP contribution in [0, 0.1) is 0 Å². The van der Waals surface area contributed by atoms with Crippen molar-refractivity contribution in [2.45, 2.75) is 0 Å². The average molecular weight is 558 g/mol. The second-order valence-electron chi connectivity index (χ2n) is 10.5. The second-order valence-corrected chi connectivity index (χ2v) is 14.2. The van der Waals surface area contributed by atoms with Crippen LogP contribution in [0.4, 0.5) is 17.1 Å². The summed E-state index contributed by atoms with van der Waals surface area (Å²) in [7, 11) is -2.71. The molecule has 3 heterocycles. The number of benzene rings is 5. The Hall–Kier alpha value is -5.46. The summed E-state index contributed by atoms with van der Waals surface area (Å²) in [4.78, 5) is 2.42. The SMILES string of the molecule is c1ccc([Si]2(c3ccccc3)c3ccccc3N(c3cccc(-n4cccn4)c3)c3cc(-n4cccn4)ccc32)cc1. The molecule has 0 spiro atoms. The van der Waals surface area contributed by atoms with Crippen LogP contribution in [-0.2, 0) is 0 Å². The summed E-state index contributed by atoms with van der Waals surface area (Å²) in [5.74, 6) is 0. The van der Waals surface area contributed by atoms with Crippen LogP contribution in [0.3, 0.4) is 0 Å². The quantitative estimate of drug-likeness (QED) is 0.273. The van der Waals surface area contributed by atoms with E-state index in [2.05, 4.69) is 142 Å². The van der Waals surface area contributed by atoms with Gasteiger partial charge in [0.2, 0.25) is 0 Å². The summed E-state index contributed by atoms with van der Waals surface area (Å²) >= 11 is 0. The van der Waals surface area contributed by atoms with E-state index >= 15 is 0 Å². The third-order valence-electron chi connectivity index (χ3n) is 8.21. The van der Waals surface area contributed by atoms with Crippen LogP contribution in [-0.4, -0.2) is 27.6 Å². The van der Waals surface area contributed by atoms with Crippen molar-refractivity contribution in [3.63, 3.8) is 0 Å². The Kier molecular flexibility index (Phi) is 5.72. The maximum atomic E-state index is 4.58. The van der Waals surface area contributed by atoms with Gasteiger partial charge in [-0.15, -0.1) is 0 Å². The molecule has 0 amide bonds. The van der Waals surface area contributed by atoms with Gasteiger partial charge in [-0.25, -0.2) is 9.36 Å². The van der Waals surface area contributed by atoms with Crippen molar-refractivity contribution in [3.05, 3.63) is 164 Å². The third-order valence-corrected chi connectivity index (χ3v) is 13.1. The first-order valence-corrected chi connectivity index (χ1v) is 16.1. The molecule has 2 aromatic heterocycles. The lowest BCUT2D eigenvalue weighted by Crippen LogP contribution is -2.77. The number of nitrogens with zero attached hydrogens (tertiary/aromatic N) is 5. The van der Waals surface area contributed by atoms with Crippen molar-refractivity contribution in [1.29, 1.82) is 0 Å². The first-order valence-electron chi connectivity index (χ1n) is 14.1. The first kappa shape index (κ1) is 24.3. The molecule has 0 N–H and O–H groups in total. The summed E-state index contributed by atoms with van der Waals surface area (Å²) in [5.41, 5.74) is 5.48. The topological polar surface area (TPSA) is 38.9 Å². The molecule has 1 aliphatic heterocycles. The minimum Gasteiger partial charge on any atom is -0.310 e. The lowest BCUT2D eigenvalue weighted by molar-refractivity contribution is 0.879. The van der Waals surface area contributed by atoms with E-state index in [1.165, 1.54) is 32.1 Å². The monoisotopic (exact) mass is 557 g/mol. The zero-order valence-electron chi connectivity index (χ0n) is 22.8. The molecular formula is C36H27N5Si. The Labute approximate surface area is 245 Å². The Morgan fingerprint density at radius 2 is 1.00 bits per heavy atom. The van der Waals surface area contributed by atoms with Crippen molar-refractivity contribution in [1.82, 2.24) is 19.6 Å². The lowest BCUT2D eigenvalue weighted by atomic mass is 10.1. The maximum Gasteiger partial charge on any atom is 0.184 e. The van der Waals surface area contributed by atoms with Gasteiger partial charge in [0, 0.05) is 41.8 Å². The number of hydrogen-bond donors (Lipinski definition) is 0. The Morgan fingerprint density at radius 3 is 1.64 bits per heavy atom. The van der Waals surface area contributed by atoms with Gasteiger partial charge in [0.05, 0.1) is 11.4 Å². The fourth-order valence-electron chi connectivity index (χ4n) is 6.49. The Morgan fingerprint density at radius 1 is 0.429 bits per heavy atom. The van der Waals surface area contributed by atoms with E-state index in [0.717, 1.165) is 17.1 Å². The van der Waals surface area contributed by atoms with Crippen LogP contribution in [0.25, 0.3) is 11.4 Å². The molecule has 42 heavy (non-hydrogen) atoms. The molecule has 0 fully saturated rings. The standard InChI is InChI=1S/C36H27N5Si/c1-3-14-31(15-4-1)42(32-16-5-2-6-17-32)35-19-8-7-18-33(35)41(30-13-9-12-28(26-30)39-24-10-22-37-39)34-27-29(20-21-36(34)42)40-25-11-23-38-40/h1-27H. The smallest absolute Gasteiger partial charge is 0.184 e. The fourth-order valence-corrected chi connectivity index (χ4v) is 11.6. The highest BCUT2D eigenvalue weighted by Gasteiger charge is 2.48. The van der Waals surface area contributed by atoms with E-state index in [4.69, 9.17) is 0 Å². The highest BCUT2D eigenvalue weighted by molar-refractivity contribution is 7.21. The van der Waals surface area contributed by atoms with Crippen LogP contribution < -0.4 is 25.6 Å². The second kappa shape index (κ2) is 9.87. The number of para-hydroxylation sites is 1. The van der Waals surface area contributed by atoms with E-state index in [9.17, 15) is 0 Å². The minimum absolute atomic E-state index is 1.01. The predicted molar refractivity (Wildman–Crippen MR) is 173 cm³/mol. The number of rotatable bonds is 5. The van der Waals surface area contributed by atoms with E-state index in [1.54, 1.807) is 0 Å². The zero-order chi connectivity index (χ0) is 27.9. The molecule has 0 saturated heterocycles. The normalized spacial score (nSPS) is 13.4. The first-order chi connectivity index (χ1) is 20.8. The molecular weight excluding hydrogens is 531 g/mol. The molecule has 6 heteroatoms. The van der Waals surface area contributed by atoms with E-state index in [0.29, 0.717) is 0 Å². The predicted octanol–water partition coefficient (Wildman–Crippen LogP) is 5.22. The summed E-state index contributed by atoms with van der Waals surface area (Å²) < 4.78 is 3.85. The van der Waals surface area contributed by atoms with Gasteiger partial charge in [-0.2, -0.15) is 10.2 Å². The molecule has 0 saturated carbocycles. The van der Waals surface area contributed by atoms with E-state index in [1.807, 2.05) is 46.3 Å². The largest absolute Gasteiger partial charge is 0.310 e. The molecule has 0 unspecified atom stereocenters. The molecule has 200 valence electrons. The number of aromatic nitrogens is 4. The molecule has 8 rings (SSSR count). The molecule has 1 aliphatic rings. The average Bonchev–Trinajstić information content (AvgIpc) is 3.80. The fraction of sp³-hybridized carbons (Fsp3) is 0. The van der Waals surface area contributed by atoms with Gasteiger partial charge in [0.15, 0.2) is 8.07 Å². The highest BCUT2D eigenvalue weighted by Crippen LogP contribution is 2.39. The Balaban J connectivity index is 1.48. The van der Waals surface area contributed by atoms with Crippen LogP contribution in [0.1, 0.15) is 0 Å². The van der Waals surface area contributed by atoms with E-state index in [-0.39, 0.29) is 0 Å². The summed E-state index contributed by atoms with van der Waals surface area (Å²) in [6, 6.07) is 50.5. The molecule has 0 bridgehead atoms. The van der Waals surface area contributed by atoms with Crippen molar-refractivity contribution in [2.75, 3.05) is 4.90 Å². The molecule has 7 aromatic rings. The van der Waals surface area contributed by atoms with Crippen molar-refractivity contribution >= 4 is 45.9 Å². The van der Waals surface area contributed by atoms with Gasteiger partial charge >= 0.3 is 0 Å². The maximum absolute atomic E-state index is 4.58. The van der Waals surface area contributed by atoms with Crippen LogP contribution in [0.2, 0.25) is 0 Å². The van der Waals surface area contributed by atoms with Crippen LogP contribution in [0.5, 0.6) is 0 Å². The third kappa shape index (κ3) is 3.69. The zero-order valence-corrected chi connectivity index (χ0v) is 23.8. The van der Waals surface area contributed by atoms with Gasteiger partial charge in [0.25, 0.3) is 0 Å². The molecule has 0 aliphatic carbocycles. The van der Waals surface area contributed by atoms with Crippen LogP contribution in [0.15, 0.2) is 164 Å². The van der Waals surface area contributed by atoms with Gasteiger partial charge in [0.1, 0.15) is 0 Å². The van der Waals surface area contributed by atoms with Crippen molar-refractivity contribution in [3.8, 4) is 11.4 Å². The summed E-state index contributed by atoms with van der Waals surface area (Å²) in [5, 5.41) is 14.5. The molecule has 5 aromatic carbocycles. The molecule has 0 atom stereocenters. The number of hydrogen-bond acceptors (Lipinski definition) is 3. The van der Waals surface area contributed by atoms with Gasteiger partial charge in [-0.05, 0) is 69.3 Å².